The lowest BCUT2D eigenvalue weighted by atomic mass is 10.2. The van der Waals surface area contributed by atoms with E-state index < -0.39 is 18.0 Å². The minimum atomic E-state index is -0.799. The highest BCUT2D eigenvalue weighted by molar-refractivity contribution is 6.36. The molecule has 0 aliphatic heterocycles. The smallest absolute Gasteiger partial charge is 0.345 e. The van der Waals surface area contributed by atoms with Crippen LogP contribution in [0.3, 0.4) is 0 Å². The van der Waals surface area contributed by atoms with Crippen molar-refractivity contribution in [2.45, 2.75) is 13.0 Å². The van der Waals surface area contributed by atoms with Gasteiger partial charge in [0.15, 0.2) is 17.6 Å². The molecule has 0 bridgehead atoms. The number of methoxy groups -OCH3 is 1. The number of nitrogens with zero attached hydrogens (tertiary/aromatic N) is 1. The molecule has 10 heteroatoms. The predicted octanol–water partition coefficient (Wildman–Crippen LogP) is 5.79. The zero-order valence-corrected chi connectivity index (χ0v) is 20.3. The van der Waals surface area contributed by atoms with Gasteiger partial charge in [0, 0.05) is 10.0 Å². The second-order valence-corrected chi connectivity index (χ2v) is 8.16. The van der Waals surface area contributed by atoms with Crippen LogP contribution >= 0.6 is 34.8 Å². The van der Waals surface area contributed by atoms with Crippen LogP contribution in [0.1, 0.15) is 22.8 Å². The van der Waals surface area contributed by atoms with Crippen molar-refractivity contribution in [1.29, 1.82) is 0 Å². The van der Waals surface area contributed by atoms with E-state index in [1.807, 2.05) is 0 Å². The maximum Gasteiger partial charge on any atom is 0.345 e. The number of esters is 1. The normalized spacial score (nSPS) is 11.7. The van der Waals surface area contributed by atoms with Gasteiger partial charge < -0.3 is 14.2 Å². The summed E-state index contributed by atoms with van der Waals surface area (Å²) in [5.41, 5.74) is 3.15. The molecule has 3 rings (SSSR count). The van der Waals surface area contributed by atoms with Crippen LogP contribution < -0.4 is 19.6 Å². The van der Waals surface area contributed by atoms with Gasteiger partial charge in [0.25, 0.3) is 5.91 Å². The summed E-state index contributed by atoms with van der Waals surface area (Å²) in [5, 5.41) is 5.01. The third-order valence-electron chi connectivity index (χ3n) is 4.41. The quantitative estimate of drug-likeness (QED) is 0.175. The Hall–Kier alpha value is -3.26. The van der Waals surface area contributed by atoms with Gasteiger partial charge in [0.05, 0.1) is 23.9 Å². The topological polar surface area (TPSA) is 86.2 Å². The summed E-state index contributed by atoms with van der Waals surface area (Å²) in [6.45, 7) is 1.59. The molecule has 0 aliphatic rings. The van der Waals surface area contributed by atoms with Crippen LogP contribution in [-0.4, -0.2) is 31.3 Å². The summed E-state index contributed by atoms with van der Waals surface area (Å²) in [5.74, 6) is -0.181. The van der Waals surface area contributed by atoms with Gasteiger partial charge in [-0.2, -0.15) is 5.10 Å². The van der Waals surface area contributed by atoms with Crippen LogP contribution in [0.5, 0.6) is 17.2 Å². The number of nitrogens with one attached hydrogen (secondary N) is 1. The highest BCUT2D eigenvalue weighted by Crippen LogP contribution is 2.30. The Kier molecular flexibility index (Phi) is 8.76. The van der Waals surface area contributed by atoms with Crippen molar-refractivity contribution >= 4 is 52.9 Å². The van der Waals surface area contributed by atoms with E-state index in [9.17, 15) is 9.59 Å². The summed E-state index contributed by atoms with van der Waals surface area (Å²) >= 11 is 17.8. The lowest BCUT2D eigenvalue weighted by Gasteiger charge is -2.13. The lowest BCUT2D eigenvalue weighted by molar-refractivity contribution is -0.127. The predicted molar refractivity (Wildman–Crippen MR) is 132 cm³/mol. The van der Waals surface area contributed by atoms with E-state index >= 15 is 0 Å². The van der Waals surface area contributed by atoms with E-state index in [4.69, 9.17) is 49.0 Å². The first-order valence-electron chi connectivity index (χ1n) is 9.87. The molecule has 34 heavy (non-hydrogen) atoms. The number of benzene rings is 3. The minimum absolute atomic E-state index is 0.163. The fraction of sp³-hybridized carbons (Fsp3) is 0.125. The highest BCUT2D eigenvalue weighted by Gasteiger charge is 2.17. The summed E-state index contributed by atoms with van der Waals surface area (Å²) in [7, 11) is 1.43. The molecular formula is C24H19Cl3N2O5. The number of amides is 1. The molecule has 0 heterocycles. The molecule has 3 aromatic rings. The second-order valence-electron chi connectivity index (χ2n) is 6.88. The zero-order valence-electron chi connectivity index (χ0n) is 18.1. The number of hydrogen-bond donors (Lipinski definition) is 1. The van der Waals surface area contributed by atoms with Gasteiger partial charge >= 0.3 is 5.97 Å². The van der Waals surface area contributed by atoms with Crippen molar-refractivity contribution in [2.24, 2.45) is 5.10 Å². The molecule has 1 unspecified atom stereocenters. The molecule has 1 N–H and O–H groups in total. The van der Waals surface area contributed by atoms with Gasteiger partial charge in [0.1, 0.15) is 5.75 Å². The minimum Gasteiger partial charge on any atom is -0.493 e. The largest absolute Gasteiger partial charge is 0.493 e. The average Bonchev–Trinajstić information content (AvgIpc) is 2.79. The van der Waals surface area contributed by atoms with Crippen LogP contribution in [0.25, 0.3) is 0 Å². The van der Waals surface area contributed by atoms with Gasteiger partial charge in [0.2, 0.25) is 0 Å². The van der Waals surface area contributed by atoms with Crippen molar-refractivity contribution < 1.29 is 23.8 Å². The fourth-order valence-corrected chi connectivity index (χ4v) is 3.38. The van der Waals surface area contributed by atoms with E-state index in [0.29, 0.717) is 21.4 Å². The van der Waals surface area contributed by atoms with Crippen LogP contribution in [0.2, 0.25) is 15.1 Å². The van der Waals surface area contributed by atoms with Gasteiger partial charge in [-0.25, -0.2) is 10.2 Å². The first-order valence-corrected chi connectivity index (χ1v) is 11.0. The summed E-state index contributed by atoms with van der Waals surface area (Å²) in [6.07, 6.45) is 0.611. The zero-order chi connectivity index (χ0) is 24.7. The van der Waals surface area contributed by atoms with E-state index in [1.165, 1.54) is 37.6 Å². The molecule has 1 amide bonds. The van der Waals surface area contributed by atoms with Gasteiger partial charge in [-0.1, -0.05) is 40.9 Å². The number of carbonyl (C=O) groups is 2. The van der Waals surface area contributed by atoms with Crippen molar-refractivity contribution in [2.75, 3.05) is 7.11 Å². The molecule has 7 nitrogen and oxygen atoms in total. The SMILES string of the molecule is COc1cc(/C=N/NC(=O)C(C)Oc2cccc(Cl)c2)ccc1OC(=O)c1ccc(Cl)cc1Cl. The Morgan fingerprint density at radius 2 is 1.74 bits per heavy atom. The Bertz CT molecular complexity index is 1230. The lowest BCUT2D eigenvalue weighted by Crippen LogP contribution is -2.33. The first-order chi connectivity index (χ1) is 16.3. The van der Waals surface area contributed by atoms with Crippen LogP contribution in [0, 0.1) is 0 Å². The van der Waals surface area contributed by atoms with Crippen LogP contribution in [0.15, 0.2) is 65.8 Å². The van der Waals surface area contributed by atoms with Gasteiger partial charge in [-0.05, 0) is 67.1 Å². The third-order valence-corrected chi connectivity index (χ3v) is 5.19. The number of rotatable bonds is 8. The highest BCUT2D eigenvalue weighted by atomic mass is 35.5. The first kappa shape index (κ1) is 25.4. The average molecular weight is 522 g/mol. The molecule has 0 fully saturated rings. The number of hydrazone groups is 1. The summed E-state index contributed by atoms with van der Waals surface area (Å²) in [6, 6.07) is 16.0. The fourth-order valence-electron chi connectivity index (χ4n) is 2.72. The van der Waals surface area contributed by atoms with Gasteiger partial charge in [-0.15, -0.1) is 0 Å². The molecule has 0 saturated carbocycles. The van der Waals surface area contributed by atoms with Crippen molar-refractivity contribution in [3.63, 3.8) is 0 Å². The van der Waals surface area contributed by atoms with E-state index in [2.05, 4.69) is 10.5 Å². The number of halogens is 3. The molecule has 0 aromatic heterocycles. The second kappa shape index (κ2) is 11.7. The molecular weight excluding hydrogens is 503 g/mol. The van der Waals surface area contributed by atoms with E-state index in [0.717, 1.165) is 0 Å². The van der Waals surface area contributed by atoms with Gasteiger partial charge in [-0.3, -0.25) is 4.79 Å². The molecule has 0 aliphatic carbocycles. The standard InChI is InChI=1S/C24H19Cl3N2O5/c1-14(33-18-5-3-4-16(25)11-18)23(30)29-28-13-15-6-9-21(22(10-15)32-2)34-24(31)19-8-7-17(26)12-20(19)27/h3-14H,1-2H3,(H,29,30)/b28-13+. The molecule has 176 valence electrons. The summed E-state index contributed by atoms with van der Waals surface area (Å²) < 4.78 is 16.3. The van der Waals surface area contributed by atoms with Crippen molar-refractivity contribution in [3.8, 4) is 17.2 Å². The monoisotopic (exact) mass is 520 g/mol. The van der Waals surface area contributed by atoms with Crippen molar-refractivity contribution in [1.82, 2.24) is 5.43 Å². The molecule has 0 radical (unpaired) electrons. The van der Waals surface area contributed by atoms with E-state index in [-0.39, 0.29) is 22.1 Å². The number of carbonyl (C=O) groups excluding carboxylic acids is 2. The Morgan fingerprint density at radius 1 is 0.971 bits per heavy atom. The number of hydrogen-bond acceptors (Lipinski definition) is 6. The van der Waals surface area contributed by atoms with E-state index in [1.54, 1.807) is 43.3 Å². The Balaban J connectivity index is 1.62. The third kappa shape index (κ3) is 6.87. The maximum atomic E-state index is 12.5. The molecule has 1 atom stereocenters. The molecule has 3 aromatic carbocycles. The Morgan fingerprint density at radius 3 is 2.44 bits per heavy atom. The molecule has 0 saturated heterocycles. The Labute approximate surface area is 211 Å². The van der Waals surface area contributed by atoms with Crippen LogP contribution in [-0.2, 0) is 4.79 Å². The maximum absolute atomic E-state index is 12.5. The summed E-state index contributed by atoms with van der Waals surface area (Å²) in [4.78, 5) is 24.7. The number of ether oxygens (including phenoxy) is 3. The van der Waals surface area contributed by atoms with Crippen molar-refractivity contribution in [3.05, 3.63) is 86.9 Å². The molecule has 0 spiro atoms. The van der Waals surface area contributed by atoms with Crippen LogP contribution in [0.4, 0.5) is 0 Å².